The number of rotatable bonds is 3. The zero-order valence-electron chi connectivity index (χ0n) is 13.7. The van der Waals surface area contributed by atoms with Gasteiger partial charge < -0.3 is 10.3 Å². The summed E-state index contributed by atoms with van der Waals surface area (Å²) in [4.78, 5) is 29.2. The van der Waals surface area contributed by atoms with Crippen LogP contribution in [0.4, 0.5) is 0 Å². The van der Waals surface area contributed by atoms with Crippen LogP contribution in [0.3, 0.4) is 0 Å². The van der Waals surface area contributed by atoms with Crippen molar-refractivity contribution in [3.05, 3.63) is 45.7 Å². The second-order valence-electron chi connectivity index (χ2n) is 6.48. The number of nitrogens with one attached hydrogen (secondary N) is 2. The summed E-state index contributed by atoms with van der Waals surface area (Å²) in [6, 6.07) is 7.80. The third-order valence-electron chi connectivity index (χ3n) is 4.35. The number of carbonyl (C=O) groups is 1. The molecular formula is C18H23N3O2. The molecule has 5 heteroatoms. The van der Waals surface area contributed by atoms with E-state index in [-0.39, 0.29) is 17.4 Å². The minimum Gasteiger partial charge on any atom is -0.357 e. The standard InChI is InChI=1S/C18H23N3O2/c1-12-5-6-17-16(8-12)18(23)9-15(20-17)11-21-7-3-4-14(10-21)19-13(2)22/h5-6,8-9,14H,3-4,7,10-11H2,1-2H3,(H,19,22)(H,20,23)/t14-/m1/s1. The molecule has 1 atom stereocenters. The number of aromatic nitrogens is 1. The van der Waals surface area contributed by atoms with Crippen molar-refractivity contribution in [1.29, 1.82) is 0 Å². The van der Waals surface area contributed by atoms with Gasteiger partial charge in [-0.2, -0.15) is 0 Å². The van der Waals surface area contributed by atoms with Crippen LogP contribution in [0.25, 0.3) is 10.9 Å². The molecule has 0 aliphatic carbocycles. The summed E-state index contributed by atoms with van der Waals surface area (Å²) in [5, 5.41) is 3.73. The van der Waals surface area contributed by atoms with Crippen LogP contribution in [0.2, 0.25) is 0 Å². The Hall–Kier alpha value is -2.14. The smallest absolute Gasteiger partial charge is 0.217 e. The van der Waals surface area contributed by atoms with Crippen LogP contribution in [0.5, 0.6) is 0 Å². The maximum atomic E-state index is 12.3. The zero-order chi connectivity index (χ0) is 16.4. The highest BCUT2D eigenvalue weighted by molar-refractivity contribution is 5.79. The lowest BCUT2D eigenvalue weighted by Gasteiger charge is -2.32. The highest BCUT2D eigenvalue weighted by Gasteiger charge is 2.20. The summed E-state index contributed by atoms with van der Waals surface area (Å²) < 4.78 is 0. The Balaban J connectivity index is 1.77. The van der Waals surface area contributed by atoms with Crippen molar-refractivity contribution in [2.24, 2.45) is 0 Å². The molecule has 0 spiro atoms. The lowest BCUT2D eigenvalue weighted by atomic mass is 10.1. The van der Waals surface area contributed by atoms with Crippen LogP contribution in [-0.2, 0) is 11.3 Å². The quantitative estimate of drug-likeness (QED) is 0.910. The summed E-state index contributed by atoms with van der Waals surface area (Å²) in [7, 11) is 0. The van der Waals surface area contributed by atoms with Gasteiger partial charge in [-0.05, 0) is 38.4 Å². The molecule has 1 saturated heterocycles. The van der Waals surface area contributed by atoms with Crippen LogP contribution in [-0.4, -0.2) is 34.9 Å². The van der Waals surface area contributed by atoms with Crippen molar-refractivity contribution in [3.63, 3.8) is 0 Å². The topological polar surface area (TPSA) is 65.2 Å². The van der Waals surface area contributed by atoms with E-state index >= 15 is 0 Å². The van der Waals surface area contributed by atoms with Gasteiger partial charge in [-0.15, -0.1) is 0 Å². The fourth-order valence-electron chi connectivity index (χ4n) is 3.35. The molecule has 1 aliphatic rings. The van der Waals surface area contributed by atoms with Gasteiger partial charge in [0.2, 0.25) is 5.91 Å². The number of aryl methyl sites for hydroxylation is 1. The van der Waals surface area contributed by atoms with E-state index in [2.05, 4.69) is 15.2 Å². The number of carbonyl (C=O) groups excluding carboxylic acids is 1. The van der Waals surface area contributed by atoms with Crippen molar-refractivity contribution < 1.29 is 4.79 Å². The van der Waals surface area contributed by atoms with Crippen molar-refractivity contribution >= 4 is 16.8 Å². The average Bonchev–Trinajstić information content (AvgIpc) is 2.48. The molecular weight excluding hydrogens is 290 g/mol. The highest BCUT2D eigenvalue weighted by Crippen LogP contribution is 2.15. The van der Waals surface area contributed by atoms with E-state index in [9.17, 15) is 9.59 Å². The molecule has 5 nitrogen and oxygen atoms in total. The minimum atomic E-state index is 0.0198. The van der Waals surface area contributed by atoms with Crippen LogP contribution in [0, 0.1) is 6.92 Å². The number of amides is 1. The normalized spacial score (nSPS) is 19.0. The number of benzene rings is 1. The first-order valence-electron chi connectivity index (χ1n) is 8.13. The van der Waals surface area contributed by atoms with E-state index in [1.165, 1.54) is 0 Å². The lowest BCUT2D eigenvalue weighted by molar-refractivity contribution is -0.120. The number of piperidine rings is 1. The fourth-order valence-corrected chi connectivity index (χ4v) is 3.35. The molecule has 1 aliphatic heterocycles. The summed E-state index contributed by atoms with van der Waals surface area (Å²) in [6.45, 7) is 6.07. The second kappa shape index (κ2) is 6.54. The van der Waals surface area contributed by atoms with Crippen LogP contribution < -0.4 is 10.7 Å². The van der Waals surface area contributed by atoms with Crippen LogP contribution in [0.15, 0.2) is 29.1 Å². The van der Waals surface area contributed by atoms with E-state index in [0.29, 0.717) is 6.54 Å². The fraction of sp³-hybridized carbons (Fsp3) is 0.444. The zero-order valence-corrected chi connectivity index (χ0v) is 13.7. The summed E-state index contributed by atoms with van der Waals surface area (Å²) in [5.74, 6) is 0.0198. The molecule has 1 amide bonds. The molecule has 2 heterocycles. The third-order valence-corrected chi connectivity index (χ3v) is 4.35. The number of pyridine rings is 1. The van der Waals surface area contributed by atoms with Crippen LogP contribution >= 0.6 is 0 Å². The Bertz CT molecular complexity index is 781. The Kier molecular flexibility index (Phi) is 4.48. The maximum absolute atomic E-state index is 12.3. The van der Waals surface area contributed by atoms with Gasteiger partial charge in [0, 0.05) is 48.7 Å². The van der Waals surface area contributed by atoms with E-state index in [4.69, 9.17) is 0 Å². The van der Waals surface area contributed by atoms with Gasteiger partial charge in [0.05, 0.1) is 0 Å². The number of fused-ring (bicyclic) bond motifs is 1. The van der Waals surface area contributed by atoms with Gasteiger partial charge >= 0.3 is 0 Å². The largest absolute Gasteiger partial charge is 0.357 e. The third kappa shape index (κ3) is 3.79. The molecule has 1 aromatic heterocycles. The molecule has 0 unspecified atom stereocenters. The Labute approximate surface area is 135 Å². The van der Waals surface area contributed by atoms with Crippen LogP contribution in [0.1, 0.15) is 31.0 Å². The first-order chi connectivity index (χ1) is 11.0. The molecule has 1 fully saturated rings. The van der Waals surface area contributed by atoms with E-state index in [1.807, 2.05) is 25.1 Å². The van der Waals surface area contributed by atoms with Crippen molar-refractivity contribution in [3.8, 4) is 0 Å². The molecule has 0 radical (unpaired) electrons. The second-order valence-corrected chi connectivity index (χ2v) is 6.48. The number of likely N-dealkylation sites (tertiary alicyclic amines) is 1. The number of hydrogen-bond donors (Lipinski definition) is 2. The number of hydrogen-bond acceptors (Lipinski definition) is 3. The molecule has 23 heavy (non-hydrogen) atoms. The highest BCUT2D eigenvalue weighted by atomic mass is 16.1. The number of H-pyrrole nitrogens is 1. The Morgan fingerprint density at radius 2 is 2.22 bits per heavy atom. The Morgan fingerprint density at radius 3 is 3.00 bits per heavy atom. The number of aromatic amines is 1. The van der Waals surface area contributed by atoms with E-state index in [0.717, 1.165) is 48.1 Å². The van der Waals surface area contributed by atoms with Gasteiger partial charge in [-0.1, -0.05) is 11.6 Å². The predicted octanol–water partition coefficient (Wildman–Crippen LogP) is 1.94. The summed E-state index contributed by atoms with van der Waals surface area (Å²) in [6.07, 6.45) is 2.07. The predicted molar refractivity (Wildman–Crippen MR) is 91.4 cm³/mol. The molecule has 0 bridgehead atoms. The van der Waals surface area contributed by atoms with Gasteiger partial charge in [-0.3, -0.25) is 14.5 Å². The summed E-state index contributed by atoms with van der Waals surface area (Å²) >= 11 is 0. The van der Waals surface area contributed by atoms with E-state index in [1.54, 1.807) is 13.0 Å². The first-order valence-corrected chi connectivity index (χ1v) is 8.13. The molecule has 122 valence electrons. The SMILES string of the molecule is CC(=O)N[C@@H]1CCCN(Cc2cc(=O)c3cc(C)ccc3[nH]2)C1. The number of nitrogens with zero attached hydrogens (tertiary/aromatic N) is 1. The van der Waals surface area contributed by atoms with Gasteiger partial charge in [0.1, 0.15) is 0 Å². The molecule has 2 N–H and O–H groups in total. The lowest BCUT2D eigenvalue weighted by Crippen LogP contribution is -2.46. The molecule has 0 saturated carbocycles. The minimum absolute atomic E-state index is 0.0198. The van der Waals surface area contributed by atoms with Crippen molar-refractivity contribution in [1.82, 2.24) is 15.2 Å². The average molecular weight is 313 g/mol. The van der Waals surface area contributed by atoms with Gasteiger partial charge in [-0.25, -0.2) is 0 Å². The maximum Gasteiger partial charge on any atom is 0.217 e. The van der Waals surface area contributed by atoms with E-state index < -0.39 is 0 Å². The van der Waals surface area contributed by atoms with Gasteiger partial charge in [0.15, 0.2) is 5.43 Å². The van der Waals surface area contributed by atoms with Crippen molar-refractivity contribution in [2.75, 3.05) is 13.1 Å². The first kappa shape index (κ1) is 15.7. The Morgan fingerprint density at radius 1 is 1.39 bits per heavy atom. The van der Waals surface area contributed by atoms with Gasteiger partial charge in [0.25, 0.3) is 0 Å². The monoisotopic (exact) mass is 313 g/mol. The molecule has 1 aromatic carbocycles. The van der Waals surface area contributed by atoms with Crippen molar-refractivity contribution in [2.45, 2.75) is 39.3 Å². The molecule has 3 rings (SSSR count). The molecule has 2 aromatic rings. The summed E-state index contributed by atoms with van der Waals surface area (Å²) in [5.41, 5.74) is 2.96.